The second-order valence-corrected chi connectivity index (χ2v) is 6.66. The highest BCUT2D eigenvalue weighted by atomic mass is 16.3. The molecule has 2 unspecified atom stereocenters. The lowest BCUT2D eigenvalue weighted by atomic mass is 9.93. The summed E-state index contributed by atoms with van der Waals surface area (Å²) in [7, 11) is 0. The summed E-state index contributed by atoms with van der Waals surface area (Å²) >= 11 is 0. The van der Waals surface area contributed by atoms with Gasteiger partial charge in [-0.1, -0.05) is 18.2 Å². The van der Waals surface area contributed by atoms with Crippen LogP contribution >= 0.6 is 0 Å². The standard InChI is InChI=1S/C18H26N2O2/c1-14(21)16-8-4-10-19(12-16)13-18(22)20-11-5-7-15-6-2-3-9-17(15)20/h2-3,6,9,14,16,21H,4-5,7-8,10-13H2,1H3. The van der Waals surface area contributed by atoms with Crippen LogP contribution in [0.4, 0.5) is 5.69 Å². The van der Waals surface area contributed by atoms with Gasteiger partial charge in [-0.15, -0.1) is 0 Å². The molecule has 0 aromatic heterocycles. The predicted octanol–water partition coefficient (Wildman–Crippen LogP) is 2.06. The van der Waals surface area contributed by atoms with E-state index in [0.717, 1.165) is 51.0 Å². The minimum Gasteiger partial charge on any atom is -0.393 e. The van der Waals surface area contributed by atoms with E-state index in [1.165, 1.54) is 5.56 Å². The van der Waals surface area contributed by atoms with Crippen LogP contribution in [0.3, 0.4) is 0 Å². The molecule has 0 radical (unpaired) electrons. The fourth-order valence-corrected chi connectivity index (χ4v) is 3.70. The number of benzene rings is 1. The maximum atomic E-state index is 12.7. The summed E-state index contributed by atoms with van der Waals surface area (Å²) in [5, 5.41) is 9.79. The van der Waals surface area contributed by atoms with E-state index in [9.17, 15) is 9.90 Å². The molecule has 3 rings (SSSR count). The van der Waals surface area contributed by atoms with Crippen molar-refractivity contribution in [2.45, 2.75) is 38.7 Å². The highest BCUT2D eigenvalue weighted by Gasteiger charge is 2.28. The van der Waals surface area contributed by atoms with Gasteiger partial charge in [-0.05, 0) is 56.7 Å². The molecule has 2 aliphatic heterocycles. The number of rotatable bonds is 3. The molecule has 1 aromatic carbocycles. The lowest BCUT2D eigenvalue weighted by Crippen LogP contribution is -2.47. The first-order valence-electron chi connectivity index (χ1n) is 8.44. The Morgan fingerprint density at radius 2 is 2.14 bits per heavy atom. The van der Waals surface area contributed by atoms with Crippen LogP contribution in [0.1, 0.15) is 31.7 Å². The van der Waals surface area contributed by atoms with Crippen LogP contribution in [0.25, 0.3) is 0 Å². The van der Waals surface area contributed by atoms with E-state index in [1.54, 1.807) is 0 Å². The molecule has 0 aliphatic carbocycles. The number of fused-ring (bicyclic) bond motifs is 1. The van der Waals surface area contributed by atoms with Crippen molar-refractivity contribution >= 4 is 11.6 Å². The van der Waals surface area contributed by atoms with Crippen molar-refractivity contribution in [2.24, 2.45) is 5.92 Å². The number of aliphatic hydroxyl groups is 1. The molecule has 1 fully saturated rings. The molecule has 1 aromatic rings. The number of hydrogen-bond donors (Lipinski definition) is 1. The molecule has 4 nitrogen and oxygen atoms in total. The van der Waals surface area contributed by atoms with Gasteiger partial charge in [0.15, 0.2) is 0 Å². The third kappa shape index (κ3) is 3.33. The van der Waals surface area contributed by atoms with Crippen molar-refractivity contribution < 1.29 is 9.90 Å². The Balaban J connectivity index is 1.65. The van der Waals surface area contributed by atoms with E-state index in [-0.39, 0.29) is 12.0 Å². The number of piperidine rings is 1. The first-order valence-corrected chi connectivity index (χ1v) is 8.44. The minimum absolute atomic E-state index is 0.193. The Labute approximate surface area is 132 Å². The zero-order chi connectivity index (χ0) is 15.5. The fraction of sp³-hybridized carbons (Fsp3) is 0.611. The molecule has 0 spiro atoms. The first kappa shape index (κ1) is 15.5. The Bertz CT molecular complexity index is 530. The van der Waals surface area contributed by atoms with Gasteiger partial charge in [-0.25, -0.2) is 0 Å². The van der Waals surface area contributed by atoms with Gasteiger partial charge in [0, 0.05) is 18.8 Å². The SMILES string of the molecule is CC(O)C1CCCN(CC(=O)N2CCCc3ccccc32)C1. The molecular weight excluding hydrogens is 276 g/mol. The molecule has 0 saturated carbocycles. The summed E-state index contributed by atoms with van der Waals surface area (Å²) in [4.78, 5) is 16.9. The molecule has 120 valence electrons. The molecule has 22 heavy (non-hydrogen) atoms. The van der Waals surface area contributed by atoms with Crippen molar-refractivity contribution in [1.29, 1.82) is 0 Å². The number of aryl methyl sites for hydroxylation is 1. The second kappa shape index (κ2) is 6.80. The zero-order valence-electron chi connectivity index (χ0n) is 13.4. The van der Waals surface area contributed by atoms with Crippen molar-refractivity contribution in [3.05, 3.63) is 29.8 Å². The number of carbonyl (C=O) groups is 1. The van der Waals surface area contributed by atoms with E-state index < -0.39 is 0 Å². The number of nitrogens with zero attached hydrogens (tertiary/aromatic N) is 2. The van der Waals surface area contributed by atoms with E-state index in [4.69, 9.17) is 0 Å². The lowest BCUT2D eigenvalue weighted by molar-refractivity contribution is -0.120. The smallest absolute Gasteiger partial charge is 0.241 e. The number of likely N-dealkylation sites (tertiary alicyclic amines) is 1. The highest BCUT2D eigenvalue weighted by Crippen LogP contribution is 2.27. The van der Waals surface area contributed by atoms with E-state index >= 15 is 0 Å². The van der Waals surface area contributed by atoms with Gasteiger partial charge in [0.25, 0.3) is 0 Å². The Morgan fingerprint density at radius 1 is 1.32 bits per heavy atom. The van der Waals surface area contributed by atoms with Crippen LogP contribution in [0, 0.1) is 5.92 Å². The van der Waals surface area contributed by atoms with Crippen LogP contribution in [-0.4, -0.2) is 48.2 Å². The van der Waals surface area contributed by atoms with Crippen LogP contribution in [0.2, 0.25) is 0 Å². The Hall–Kier alpha value is -1.39. The maximum Gasteiger partial charge on any atom is 0.241 e. The van der Waals surface area contributed by atoms with Crippen molar-refractivity contribution in [1.82, 2.24) is 4.90 Å². The number of carbonyl (C=O) groups excluding carboxylic acids is 1. The molecule has 1 saturated heterocycles. The molecule has 2 heterocycles. The Kier molecular flexibility index (Phi) is 4.79. The van der Waals surface area contributed by atoms with Gasteiger partial charge in [0.05, 0.1) is 12.6 Å². The average Bonchev–Trinajstić information content (AvgIpc) is 2.54. The van der Waals surface area contributed by atoms with Crippen LogP contribution in [0.15, 0.2) is 24.3 Å². The topological polar surface area (TPSA) is 43.8 Å². The molecule has 1 amide bonds. The zero-order valence-corrected chi connectivity index (χ0v) is 13.4. The van der Waals surface area contributed by atoms with Gasteiger partial charge in [0.2, 0.25) is 5.91 Å². The van der Waals surface area contributed by atoms with Crippen molar-refractivity contribution in [3.8, 4) is 0 Å². The Morgan fingerprint density at radius 3 is 2.95 bits per heavy atom. The summed E-state index contributed by atoms with van der Waals surface area (Å²) in [6.07, 6.45) is 3.95. The summed E-state index contributed by atoms with van der Waals surface area (Å²) in [6.45, 7) is 4.95. The molecular formula is C18H26N2O2. The molecule has 0 bridgehead atoms. The van der Waals surface area contributed by atoms with Gasteiger partial charge >= 0.3 is 0 Å². The van der Waals surface area contributed by atoms with Gasteiger partial charge in [-0.2, -0.15) is 0 Å². The summed E-state index contributed by atoms with van der Waals surface area (Å²) < 4.78 is 0. The van der Waals surface area contributed by atoms with Gasteiger partial charge in [-0.3, -0.25) is 9.69 Å². The van der Waals surface area contributed by atoms with Gasteiger partial charge in [0.1, 0.15) is 0 Å². The number of amides is 1. The third-order valence-electron chi connectivity index (χ3n) is 4.99. The largest absolute Gasteiger partial charge is 0.393 e. The third-order valence-corrected chi connectivity index (χ3v) is 4.99. The molecule has 2 aliphatic rings. The first-order chi connectivity index (χ1) is 10.6. The quantitative estimate of drug-likeness (QED) is 0.929. The van der Waals surface area contributed by atoms with Gasteiger partial charge < -0.3 is 10.0 Å². The monoisotopic (exact) mass is 302 g/mol. The fourth-order valence-electron chi connectivity index (χ4n) is 3.70. The predicted molar refractivity (Wildman–Crippen MR) is 88.0 cm³/mol. The van der Waals surface area contributed by atoms with E-state index in [1.807, 2.05) is 24.0 Å². The normalized spacial score (nSPS) is 23.9. The van der Waals surface area contributed by atoms with E-state index in [2.05, 4.69) is 17.0 Å². The summed E-state index contributed by atoms with van der Waals surface area (Å²) in [5.74, 6) is 0.494. The lowest BCUT2D eigenvalue weighted by Gasteiger charge is -2.36. The number of anilines is 1. The van der Waals surface area contributed by atoms with Crippen molar-refractivity contribution in [2.75, 3.05) is 31.1 Å². The minimum atomic E-state index is -0.284. The highest BCUT2D eigenvalue weighted by molar-refractivity contribution is 5.95. The summed E-state index contributed by atoms with van der Waals surface area (Å²) in [6, 6.07) is 8.24. The molecule has 4 heteroatoms. The molecule has 1 N–H and O–H groups in total. The van der Waals surface area contributed by atoms with E-state index in [0.29, 0.717) is 12.5 Å². The van der Waals surface area contributed by atoms with Crippen LogP contribution in [-0.2, 0) is 11.2 Å². The number of para-hydroxylation sites is 1. The van der Waals surface area contributed by atoms with Crippen molar-refractivity contribution in [3.63, 3.8) is 0 Å². The van der Waals surface area contributed by atoms with Crippen LogP contribution in [0.5, 0.6) is 0 Å². The maximum absolute atomic E-state index is 12.7. The molecule has 2 atom stereocenters. The average molecular weight is 302 g/mol. The second-order valence-electron chi connectivity index (χ2n) is 6.66. The summed E-state index contributed by atoms with van der Waals surface area (Å²) in [5.41, 5.74) is 2.37. The number of aliphatic hydroxyl groups excluding tert-OH is 1. The van der Waals surface area contributed by atoms with Crippen LogP contribution < -0.4 is 4.90 Å². The number of hydrogen-bond acceptors (Lipinski definition) is 3.